The highest BCUT2D eigenvalue weighted by Crippen LogP contribution is 2.45. The van der Waals surface area contributed by atoms with Gasteiger partial charge in [0.2, 0.25) is 0 Å². The van der Waals surface area contributed by atoms with Gasteiger partial charge in [-0.05, 0) is 31.6 Å². The molecule has 0 aliphatic heterocycles. The molecule has 0 aromatic carbocycles. The third-order valence-corrected chi connectivity index (χ3v) is 17.8. The molecule has 0 amide bonds. The van der Waals surface area contributed by atoms with Crippen LogP contribution in [0.3, 0.4) is 0 Å². The van der Waals surface area contributed by atoms with Crippen molar-refractivity contribution in [1.82, 2.24) is 0 Å². The van der Waals surface area contributed by atoms with Crippen molar-refractivity contribution >= 4 is 39.5 Å². The Morgan fingerprint density at radius 2 is 0.558 bits per heavy atom. The van der Waals surface area contributed by atoms with Crippen molar-refractivity contribution in [3.05, 3.63) is 0 Å². The van der Waals surface area contributed by atoms with Crippen LogP contribution in [0.15, 0.2) is 0 Å². The summed E-state index contributed by atoms with van der Waals surface area (Å²) in [5.74, 6) is -1.35. The van der Waals surface area contributed by atoms with E-state index in [0.29, 0.717) is 25.7 Å². The van der Waals surface area contributed by atoms with Crippen molar-refractivity contribution in [3.63, 3.8) is 0 Å². The topological polar surface area (TPSA) is 237 Å². The first-order chi connectivity index (χ1) is 41.6. The van der Waals surface area contributed by atoms with Gasteiger partial charge in [-0.15, -0.1) is 0 Å². The third-order valence-electron chi connectivity index (χ3n) is 15.9. The summed E-state index contributed by atoms with van der Waals surface area (Å²) in [5.41, 5.74) is 0. The monoisotopic (exact) mass is 1270 g/mol. The van der Waals surface area contributed by atoms with Gasteiger partial charge in [-0.25, -0.2) is 9.13 Å². The molecule has 0 heterocycles. The van der Waals surface area contributed by atoms with Crippen LogP contribution in [0.4, 0.5) is 0 Å². The van der Waals surface area contributed by atoms with Crippen molar-refractivity contribution in [3.8, 4) is 0 Å². The highest BCUT2D eigenvalue weighted by Gasteiger charge is 2.30. The molecular weight excluding hydrogens is 1140 g/mol. The van der Waals surface area contributed by atoms with Crippen LogP contribution in [0, 0.1) is 5.92 Å². The van der Waals surface area contributed by atoms with Gasteiger partial charge in [-0.2, -0.15) is 0 Å². The van der Waals surface area contributed by atoms with Gasteiger partial charge >= 0.3 is 39.5 Å². The fourth-order valence-electron chi connectivity index (χ4n) is 10.1. The Morgan fingerprint density at radius 1 is 0.326 bits per heavy atom. The van der Waals surface area contributed by atoms with Crippen LogP contribution in [0.2, 0.25) is 0 Å². The number of carbonyl (C=O) groups is 4. The van der Waals surface area contributed by atoms with Gasteiger partial charge in [-0.3, -0.25) is 37.3 Å². The summed E-state index contributed by atoms with van der Waals surface area (Å²) in [6.07, 6.45) is 45.9. The Kier molecular flexibility index (Phi) is 59.2. The number of rotatable bonds is 67. The van der Waals surface area contributed by atoms with Crippen molar-refractivity contribution in [2.45, 2.75) is 361 Å². The van der Waals surface area contributed by atoms with Crippen LogP contribution in [0.5, 0.6) is 0 Å². The zero-order valence-electron chi connectivity index (χ0n) is 55.4. The summed E-state index contributed by atoms with van der Waals surface area (Å²) in [6.45, 7) is 7.18. The molecule has 0 bridgehead atoms. The minimum Gasteiger partial charge on any atom is -0.462 e. The quantitative estimate of drug-likeness (QED) is 0.0222. The Balaban J connectivity index is 5.19. The zero-order chi connectivity index (χ0) is 63.5. The van der Waals surface area contributed by atoms with Crippen molar-refractivity contribution in [2.24, 2.45) is 5.92 Å². The number of unbranched alkanes of at least 4 members (excludes halogenated alkanes) is 38. The van der Waals surface area contributed by atoms with Gasteiger partial charge in [0, 0.05) is 25.7 Å². The van der Waals surface area contributed by atoms with E-state index in [4.69, 9.17) is 37.0 Å². The largest absolute Gasteiger partial charge is 0.472 e. The van der Waals surface area contributed by atoms with E-state index in [2.05, 4.69) is 34.6 Å². The van der Waals surface area contributed by atoms with Crippen molar-refractivity contribution in [1.29, 1.82) is 0 Å². The molecule has 0 aliphatic carbocycles. The second-order valence-corrected chi connectivity index (χ2v) is 27.4. The molecular formula is C67H130O17P2. The van der Waals surface area contributed by atoms with Crippen LogP contribution in [-0.4, -0.2) is 96.7 Å². The van der Waals surface area contributed by atoms with Gasteiger partial charge in [0.25, 0.3) is 0 Å². The van der Waals surface area contributed by atoms with Gasteiger partial charge in [0.1, 0.15) is 19.3 Å². The molecule has 0 spiro atoms. The standard InChI is InChI=1S/C67H130O17P2/c1-6-10-13-16-19-21-23-24-25-26-27-28-29-31-38-43-48-53-67(72)84-63(57-78-65(70)51-46-41-36-33-32-35-39-44-49-60(5)9-4)59-82-86(75,76)80-55-61(68)54-79-85(73,74)81-58-62(56-77-64(69)50-45-40-34-18-15-12-8-3)83-66(71)52-47-42-37-30-22-20-17-14-11-7-2/h60-63,68H,6-59H2,1-5H3,(H,73,74)(H,75,76)/t60?,61-,62+,63+/m0/s1. The normalized spacial score (nSPS) is 14.5. The molecule has 0 aliphatic rings. The Morgan fingerprint density at radius 3 is 0.826 bits per heavy atom. The average Bonchev–Trinajstić information content (AvgIpc) is 3.68. The molecule has 3 unspecified atom stereocenters. The number of esters is 4. The fraction of sp³-hybridized carbons (Fsp3) is 0.940. The van der Waals surface area contributed by atoms with Crippen molar-refractivity contribution in [2.75, 3.05) is 39.6 Å². The molecule has 6 atom stereocenters. The number of aliphatic hydroxyl groups is 1. The van der Waals surface area contributed by atoms with E-state index in [1.807, 2.05) is 0 Å². The van der Waals surface area contributed by atoms with Crippen LogP contribution < -0.4 is 0 Å². The van der Waals surface area contributed by atoms with Gasteiger partial charge < -0.3 is 33.8 Å². The van der Waals surface area contributed by atoms with Crippen molar-refractivity contribution < 1.29 is 80.2 Å². The summed E-state index contributed by atoms with van der Waals surface area (Å²) in [6, 6.07) is 0. The lowest BCUT2D eigenvalue weighted by atomic mass is 9.99. The van der Waals surface area contributed by atoms with Crippen LogP contribution in [-0.2, 0) is 65.4 Å². The number of ether oxygens (including phenoxy) is 4. The van der Waals surface area contributed by atoms with Crippen LogP contribution in [0.1, 0.15) is 343 Å². The van der Waals surface area contributed by atoms with E-state index in [1.54, 1.807) is 0 Å². The first-order valence-corrected chi connectivity index (χ1v) is 38.2. The molecule has 0 rings (SSSR count). The summed E-state index contributed by atoms with van der Waals surface area (Å²) in [7, 11) is -9.89. The minimum absolute atomic E-state index is 0.106. The number of hydrogen-bond donors (Lipinski definition) is 3. The first kappa shape index (κ1) is 84.1. The predicted molar refractivity (Wildman–Crippen MR) is 345 cm³/mol. The highest BCUT2D eigenvalue weighted by atomic mass is 31.2. The van der Waals surface area contributed by atoms with E-state index in [1.165, 1.54) is 154 Å². The minimum atomic E-state index is -4.95. The predicted octanol–water partition coefficient (Wildman–Crippen LogP) is 19.0. The summed E-state index contributed by atoms with van der Waals surface area (Å²) in [4.78, 5) is 72.2. The van der Waals surface area contributed by atoms with Gasteiger partial charge in [0.15, 0.2) is 12.2 Å². The van der Waals surface area contributed by atoms with E-state index in [9.17, 15) is 43.2 Å². The third kappa shape index (κ3) is 59.7. The SMILES string of the molecule is CCCCCCCCCCCCCCCCCCCC(=O)O[C@H](COC(=O)CCCCCCCCCCC(C)CC)COP(=O)(O)OC[C@@H](O)COP(=O)(O)OC[C@@H](COC(=O)CCCCCCCCC)OC(=O)CCCCCCCCCCCC. The molecule has 0 fully saturated rings. The Labute approximate surface area is 524 Å². The van der Waals surface area contributed by atoms with Crippen LogP contribution in [0.25, 0.3) is 0 Å². The smallest absolute Gasteiger partial charge is 0.462 e. The second kappa shape index (κ2) is 60.6. The van der Waals surface area contributed by atoms with E-state index >= 15 is 0 Å². The second-order valence-electron chi connectivity index (χ2n) is 24.5. The number of hydrogen-bond acceptors (Lipinski definition) is 15. The lowest BCUT2D eigenvalue weighted by Gasteiger charge is -2.21. The van der Waals surface area contributed by atoms with E-state index < -0.39 is 97.5 Å². The maximum absolute atomic E-state index is 13.0. The van der Waals surface area contributed by atoms with Gasteiger partial charge in [-0.1, -0.05) is 291 Å². The molecule has 510 valence electrons. The molecule has 0 saturated heterocycles. The lowest BCUT2D eigenvalue weighted by Crippen LogP contribution is -2.30. The van der Waals surface area contributed by atoms with E-state index in [0.717, 1.165) is 109 Å². The fourth-order valence-corrected chi connectivity index (χ4v) is 11.7. The zero-order valence-corrected chi connectivity index (χ0v) is 57.2. The summed E-state index contributed by atoms with van der Waals surface area (Å²) < 4.78 is 68.0. The molecule has 0 saturated carbocycles. The number of phosphoric acid groups is 2. The maximum Gasteiger partial charge on any atom is 0.472 e. The molecule has 17 nitrogen and oxygen atoms in total. The molecule has 0 radical (unpaired) electrons. The number of phosphoric ester groups is 2. The van der Waals surface area contributed by atoms with Gasteiger partial charge in [0.05, 0.1) is 26.4 Å². The molecule has 0 aromatic heterocycles. The number of aliphatic hydroxyl groups excluding tert-OH is 1. The summed E-state index contributed by atoms with van der Waals surface area (Å²) in [5, 5.41) is 10.5. The molecule has 86 heavy (non-hydrogen) atoms. The first-order valence-electron chi connectivity index (χ1n) is 35.2. The Hall–Kier alpha value is -1.94. The molecule has 3 N–H and O–H groups in total. The highest BCUT2D eigenvalue weighted by molar-refractivity contribution is 7.47. The Bertz CT molecular complexity index is 1670. The average molecular weight is 1270 g/mol. The van der Waals surface area contributed by atoms with Crippen LogP contribution >= 0.6 is 15.6 Å². The lowest BCUT2D eigenvalue weighted by molar-refractivity contribution is -0.161. The molecule has 0 aromatic rings. The number of carbonyl (C=O) groups excluding carboxylic acids is 4. The maximum atomic E-state index is 13.0. The summed E-state index contributed by atoms with van der Waals surface area (Å²) >= 11 is 0. The molecule has 19 heteroatoms. The van der Waals surface area contributed by atoms with E-state index in [-0.39, 0.29) is 25.7 Å².